The first-order chi connectivity index (χ1) is 10.7. The van der Waals surface area contributed by atoms with E-state index in [9.17, 15) is 0 Å². The SMILES string of the molecule is COc1c(OCCCBr)ccc2cc(OCC(C)C)ccc12. The largest absolute Gasteiger partial charge is 0.493 e. The lowest BCUT2D eigenvalue weighted by molar-refractivity contribution is 0.271. The molecule has 120 valence electrons. The van der Waals surface area contributed by atoms with Crippen LogP contribution in [0.2, 0.25) is 0 Å². The van der Waals surface area contributed by atoms with E-state index in [1.54, 1.807) is 7.11 Å². The molecule has 0 bridgehead atoms. The van der Waals surface area contributed by atoms with E-state index in [0.717, 1.165) is 46.4 Å². The molecule has 22 heavy (non-hydrogen) atoms. The second-order valence-corrected chi connectivity index (χ2v) is 6.37. The first kappa shape index (κ1) is 16.9. The van der Waals surface area contributed by atoms with Gasteiger partial charge in [-0.1, -0.05) is 35.8 Å². The molecule has 2 aromatic carbocycles. The fourth-order valence-electron chi connectivity index (χ4n) is 2.17. The molecule has 0 N–H and O–H groups in total. The minimum absolute atomic E-state index is 0.510. The number of benzene rings is 2. The third-order valence-electron chi connectivity index (χ3n) is 3.23. The maximum Gasteiger partial charge on any atom is 0.168 e. The predicted octanol–water partition coefficient (Wildman–Crippen LogP) is 5.05. The lowest BCUT2D eigenvalue weighted by atomic mass is 10.1. The topological polar surface area (TPSA) is 27.7 Å². The van der Waals surface area contributed by atoms with Crippen LogP contribution >= 0.6 is 15.9 Å². The lowest BCUT2D eigenvalue weighted by Crippen LogP contribution is -2.04. The van der Waals surface area contributed by atoms with Crippen molar-refractivity contribution in [3.63, 3.8) is 0 Å². The van der Waals surface area contributed by atoms with Gasteiger partial charge in [0.05, 0.1) is 20.3 Å². The molecular weight excluding hydrogens is 344 g/mol. The third-order valence-corrected chi connectivity index (χ3v) is 3.79. The van der Waals surface area contributed by atoms with Crippen LogP contribution in [0.15, 0.2) is 30.3 Å². The van der Waals surface area contributed by atoms with Crippen LogP contribution in [-0.4, -0.2) is 25.7 Å². The Morgan fingerprint density at radius 3 is 2.59 bits per heavy atom. The monoisotopic (exact) mass is 366 g/mol. The van der Waals surface area contributed by atoms with Gasteiger partial charge in [0, 0.05) is 10.7 Å². The van der Waals surface area contributed by atoms with E-state index < -0.39 is 0 Å². The van der Waals surface area contributed by atoms with Crippen LogP contribution in [0.4, 0.5) is 0 Å². The van der Waals surface area contributed by atoms with Gasteiger partial charge in [0.2, 0.25) is 0 Å². The molecule has 0 unspecified atom stereocenters. The van der Waals surface area contributed by atoms with Crippen molar-refractivity contribution in [2.75, 3.05) is 25.7 Å². The maximum absolute atomic E-state index is 5.80. The van der Waals surface area contributed by atoms with Gasteiger partial charge in [0.25, 0.3) is 0 Å². The zero-order valence-corrected chi connectivity index (χ0v) is 15.0. The predicted molar refractivity (Wildman–Crippen MR) is 94.7 cm³/mol. The molecular formula is C18H23BrO3. The minimum Gasteiger partial charge on any atom is -0.493 e. The van der Waals surface area contributed by atoms with Gasteiger partial charge in [-0.2, -0.15) is 0 Å². The van der Waals surface area contributed by atoms with Crippen LogP contribution in [-0.2, 0) is 0 Å². The molecule has 0 heterocycles. The van der Waals surface area contributed by atoms with Crippen molar-refractivity contribution in [3.8, 4) is 17.2 Å². The normalized spacial score (nSPS) is 11.0. The molecule has 2 aromatic rings. The quantitative estimate of drug-likeness (QED) is 0.483. The van der Waals surface area contributed by atoms with Crippen molar-refractivity contribution in [2.24, 2.45) is 5.92 Å². The van der Waals surface area contributed by atoms with Gasteiger partial charge < -0.3 is 14.2 Å². The molecule has 3 nitrogen and oxygen atoms in total. The fourth-order valence-corrected chi connectivity index (χ4v) is 2.40. The number of halogens is 1. The van der Waals surface area contributed by atoms with Crippen molar-refractivity contribution in [3.05, 3.63) is 30.3 Å². The zero-order valence-electron chi connectivity index (χ0n) is 13.4. The van der Waals surface area contributed by atoms with E-state index in [1.165, 1.54) is 0 Å². The Morgan fingerprint density at radius 2 is 1.91 bits per heavy atom. The summed E-state index contributed by atoms with van der Waals surface area (Å²) >= 11 is 3.41. The van der Waals surface area contributed by atoms with E-state index in [-0.39, 0.29) is 0 Å². The summed E-state index contributed by atoms with van der Waals surface area (Å²) in [6.07, 6.45) is 0.961. The van der Waals surface area contributed by atoms with E-state index in [4.69, 9.17) is 14.2 Å². The van der Waals surface area contributed by atoms with E-state index in [0.29, 0.717) is 12.5 Å². The van der Waals surface area contributed by atoms with Gasteiger partial charge >= 0.3 is 0 Å². The number of alkyl halides is 1. The second kappa shape index (κ2) is 8.28. The van der Waals surface area contributed by atoms with Crippen molar-refractivity contribution in [2.45, 2.75) is 20.3 Å². The summed E-state index contributed by atoms with van der Waals surface area (Å²) in [7, 11) is 1.68. The highest BCUT2D eigenvalue weighted by Gasteiger charge is 2.10. The molecule has 0 saturated heterocycles. The van der Waals surface area contributed by atoms with Crippen molar-refractivity contribution in [1.82, 2.24) is 0 Å². The summed E-state index contributed by atoms with van der Waals surface area (Å²) in [5.41, 5.74) is 0. The van der Waals surface area contributed by atoms with Crippen LogP contribution in [0.1, 0.15) is 20.3 Å². The van der Waals surface area contributed by atoms with E-state index in [2.05, 4.69) is 29.8 Å². The number of hydrogen-bond acceptors (Lipinski definition) is 3. The zero-order chi connectivity index (χ0) is 15.9. The Kier molecular flexibility index (Phi) is 6.37. The maximum atomic E-state index is 5.80. The summed E-state index contributed by atoms with van der Waals surface area (Å²) in [6.45, 7) is 5.67. The molecule has 0 aliphatic rings. The van der Waals surface area contributed by atoms with Gasteiger partial charge in [-0.3, -0.25) is 0 Å². The summed E-state index contributed by atoms with van der Waals surface area (Å²) < 4.78 is 17.1. The minimum atomic E-state index is 0.510. The Labute approximate surface area is 140 Å². The van der Waals surface area contributed by atoms with Gasteiger partial charge in [0.1, 0.15) is 5.75 Å². The van der Waals surface area contributed by atoms with Crippen molar-refractivity contribution in [1.29, 1.82) is 0 Å². The lowest BCUT2D eigenvalue weighted by Gasteiger charge is -2.14. The Balaban J connectivity index is 2.26. The smallest absolute Gasteiger partial charge is 0.168 e. The second-order valence-electron chi connectivity index (χ2n) is 5.58. The number of ether oxygens (including phenoxy) is 3. The van der Waals surface area contributed by atoms with Crippen molar-refractivity contribution >= 4 is 26.7 Å². The summed E-state index contributed by atoms with van der Waals surface area (Å²) in [6, 6.07) is 10.1. The van der Waals surface area contributed by atoms with Crippen LogP contribution in [0.5, 0.6) is 17.2 Å². The van der Waals surface area contributed by atoms with Gasteiger partial charge in [-0.25, -0.2) is 0 Å². The number of rotatable bonds is 8. The van der Waals surface area contributed by atoms with E-state index in [1.807, 2.05) is 30.3 Å². The average molecular weight is 367 g/mol. The highest BCUT2D eigenvalue weighted by Crippen LogP contribution is 2.37. The van der Waals surface area contributed by atoms with Gasteiger partial charge in [-0.05, 0) is 42.0 Å². The highest BCUT2D eigenvalue weighted by atomic mass is 79.9. The molecule has 0 spiro atoms. The van der Waals surface area contributed by atoms with Crippen LogP contribution in [0.3, 0.4) is 0 Å². The molecule has 0 aromatic heterocycles. The molecule has 0 amide bonds. The molecule has 4 heteroatoms. The van der Waals surface area contributed by atoms with Crippen LogP contribution in [0.25, 0.3) is 10.8 Å². The average Bonchev–Trinajstić information content (AvgIpc) is 2.52. The number of hydrogen-bond donors (Lipinski definition) is 0. The molecule has 0 aliphatic heterocycles. The van der Waals surface area contributed by atoms with E-state index >= 15 is 0 Å². The Bertz CT molecular complexity index is 611. The third kappa shape index (κ3) is 4.29. The Hall–Kier alpha value is -1.42. The molecule has 0 aliphatic carbocycles. The van der Waals surface area contributed by atoms with Crippen LogP contribution < -0.4 is 14.2 Å². The summed E-state index contributed by atoms with van der Waals surface area (Å²) in [5, 5.41) is 3.06. The molecule has 0 saturated carbocycles. The number of methoxy groups -OCH3 is 1. The fraction of sp³-hybridized carbons (Fsp3) is 0.444. The highest BCUT2D eigenvalue weighted by molar-refractivity contribution is 9.09. The molecule has 2 rings (SSSR count). The molecule has 0 fully saturated rings. The van der Waals surface area contributed by atoms with Crippen LogP contribution in [0, 0.1) is 5.92 Å². The molecule has 0 radical (unpaired) electrons. The van der Waals surface area contributed by atoms with Crippen molar-refractivity contribution < 1.29 is 14.2 Å². The number of fused-ring (bicyclic) bond motifs is 1. The molecule has 0 atom stereocenters. The van der Waals surface area contributed by atoms with Gasteiger partial charge in [-0.15, -0.1) is 0 Å². The Morgan fingerprint density at radius 1 is 1.09 bits per heavy atom. The first-order valence-electron chi connectivity index (χ1n) is 7.58. The summed E-state index contributed by atoms with van der Waals surface area (Å²) in [5.74, 6) is 2.96. The first-order valence-corrected chi connectivity index (χ1v) is 8.70. The standard InChI is InChI=1S/C18H23BrO3/c1-13(2)12-22-15-6-7-16-14(11-15)5-8-17(18(16)20-3)21-10-4-9-19/h5-8,11,13H,4,9-10,12H2,1-3H3. The van der Waals surface area contributed by atoms with Gasteiger partial charge in [0.15, 0.2) is 11.5 Å². The summed E-state index contributed by atoms with van der Waals surface area (Å²) in [4.78, 5) is 0.